The SMILES string of the molecule is NC(C(=O)O)C(=O)c1cc2c(c3c1=CC=C3)N=CC=2. The normalized spacial score (nSPS) is 15.4. The number of rotatable bonds is 3. The molecule has 1 aliphatic heterocycles. The van der Waals surface area contributed by atoms with E-state index in [0.29, 0.717) is 10.8 Å². The number of ketones is 1. The van der Waals surface area contributed by atoms with Gasteiger partial charge in [0.05, 0.1) is 5.69 Å². The topological polar surface area (TPSA) is 92.8 Å². The van der Waals surface area contributed by atoms with Crippen LogP contribution >= 0.6 is 0 Å². The van der Waals surface area contributed by atoms with Crippen molar-refractivity contribution in [3.8, 4) is 0 Å². The highest BCUT2D eigenvalue weighted by Crippen LogP contribution is 2.19. The first-order valence-corrected chi connectivity index (χ1v) is 5.72. The van der Waals surface area contributed by atoms with Gasteiger partial charge in [0.2, 0.25) is 0 Å². The molecule has 0 aromatic heterocycles. The van der Waals surface area contributed by atoms with Gasteiger partial charge in [-0.05, 0) is 17.4 Å². The molecule has 94 valence electrons. The first kappa shape index (κ1) is 11.6. The summed E-state index contributed by atoms with van der Waals surface area (Å²) in [4.78, 5) is 27.2. The van der Waals surface area contributed by atoms with Crippen molar-refractivity contribution in [3.63, 3.8) is 0 Å². The van der Waals surface area contributed by atoms with Crippen molar-refractivity contribution < 1.29 is 14.7 Å². The van der Waals surface area contributed by atoms with E-state index in [9.17, 15) is 9.59 Å². The van der Waals surface area contributed by atoms with E-state index in [-0.39, 0.29) is 0 Å². The number of carboxylic acid groups (broad SMARTS) is 1. The molecule has 1 heterocycles. The smallest absolute Gasteiger partial charge is 0.328 e. The van der Waals surface area contributed by atoms with E-state index in [1.165, 1.54) is 0 Å². The minimum absolute atomic E-state index is 0.329. The lowest BCUT2D eigenvalue weighted by Crippen LogP contribution is -2.41. The Morgan fingerprint density at radius 3 is 2.84 bits per heavy atom. The first-order chi connectivity index (χ1) is 9.09. The summed E-state index contributed by atoms with van der Waals surface area (Å²) < 4.78 is 0. The number of fused-ring (bicyclic) bond motifs is 3. The zero-order chi connectivity index (χ0) is 13.6. The third kappa shape index (κ3) is 1.63. The fraction of sp³-hybridized carbons (Fsp3) is 0.0714. The molecule has 0 saturated carbocycles. The van der Waals surface area contributed by atoms with E-state index >= 15 is 0 Å². The van der Waals surface area contributed by atoms with E-state index in [2.05, 4.69) is 4.99 Å². The van der Waals surface area contributed by atoms with E-state index in [0.717, 1.165) is 16.5 Å². The molecule has 0 spiro atoms. The largest absolute Gasteiger partial charge is 0.480 e. The summed E-state index contributed by atoms with van der Waals surface area (Å²) in [6, 6.07) is 0.106. The van der Waals surface area contributed by atoms with Crippen molar-refractivity contribution in [2.75, 3.05) is 0 Å². The van der Waals surface area contributed by atoms with Gasteiger partial charge in [-0.3, -0.25) is 14.6 Å². The van der Waals surface area contributed by atoms with Crippen LogP contribution in [0.25, 0.3) is 18.2 Å². The van der Waals surface area contributed by atoms with Gasteiger partial charge in [-0.1, -0.05) is 18.2 Å². The number of hydrogen-bond donors (Lipinski definition) is 2. The Morgan fingerprint density at radius 1 is 1.32 bits per heavy atom. The van der Waals surface area contributed by atoms with Crippen LogP contribution in [-0.2, 0) is 4.79 Å². The van der Waals surface area contributed by atoms with E-state index in [1.54, 1.807) is 24.4 Å². The summed E-state index contributed by atoms with van der Waals surface area (Å²) in [5.41, 5.74) is 7.38. The minimum Gasteiger partial charge on any atom is -0.480 e. The van der Waals surface area contributed by atoms with Crippen LogP contribution < -0.4 is 16.2 Å². The van der Waals surface area contributed by atoms with Gasteiger partial charge in [-0.2, -0.15) is 0 Å². The fourth-order valence-electron chi connectivity index (χ4n) is 2.27. The quantitative estimate of drug-likeness (QED) is 0.566. The molecule has 0 amide bonds. The summed E-state index contributed by atoms with van der Waals surface area (Å²) in [5.74, 6) is -1.92. The van der Waals surface area contributed by atoms with Crippen molar-refractivity contribution in [2.45, 2.75) is 6.04 Å². The number of aliphatic carboxylic acids is 1. The maximum absolute atomic E-state index is 12.1. The molecule has 5 nitrogen and oxygen atoms in total. The van der Waals surface area contributed by atoms with Crippen molar-refractivity contribution in [2.24, 2.45) is 10.7 Å². The zero-order valence-electron chi connectivity index (χ0n) is 9.83. The van der Waals surface area contributed by atoms with Gasteiger partial charge in [0.1, 0.15) is 0 Å². The molecule has 0 fully saturated rings. The molecule has 2 aliphatic rings. The molecule has 3 N–H and O–H groups in total. The van der Waals surface area contributed by atoms with Crippen LogP contribution in [-0.4, -0.2) is 29.1 Å². The van der Waals surface area contributed by atoms with E-state index in [4.69, 9.17) is 10.8 Å². The summed E-state index contributed by atoms with van der Waals surface area (Å²) >= 11 is 0. The molecule has 0 radical (unpaired) electrons. The number of hydrogen-bond acceptors (Lipinski definition) is 4. The molecule has 0 saturated heterocycles. The Balaban J connectivity index is 2.24. The second-order valence-corrected chi connectivity index (χ2v) is 4.34. The number of benzene rings is 1. The monoisotopic (exact) mass is 254 g/mol. The Labute approximate surface area is 108 Å². The van der Waals surface area contributed by atoms with Crippen molar-refractivity contribution in [3.05, 3.63) is 33.7 Å². The lowest BCUT2D eigenvalue weighted by Gasteiger charge is -2.08. The number of carbonyl (C=O) groups excluding carboxylic acids is 1. The van der Waals surface area contributed by atoms with Crippen LogP contribution in [0.1, 0.15) is 15.9 Å². The van der Waals surface area contributed by atoms with Gasteiger partial charge >= 0.3 is 5.97 Å². The van der Waals surface area contributed by atoms with Gasteiger partial charge in [-0.15, -0.1) is 0 Å². The number of carboxylic acids is 1. The van der Waals surface area contributed by atoms with Gasteiger partial charge in [0.15, 0.2) is 11.8 Å². The third-order valence-corrected chi connectivity index (χ3v) is 3.21. The Bertz CT molecular complexity index is 788. The van der Waals surface area contributed by atoms with Crippen molar-refractivity contribution >= 4 is 41.9 Å². The molecule has 3 rings (SSSR count). The maximum atomic E-state index is 12.1. The first-order valence-electron chi connectivity index (χ1n) is 5.72. The van der Waals surface area contributed by atoms with Gasteiger partial charge in [0.25, 0.3) is 0 Å². The Hall–Kier alpha value is -2.53. The van der Waals surface area contributed by atoms with Crippen LogP contribution in [0.2, 0.25) is 0 Å². The molecule has 1 unspecified atom stereocenters. The summed E-state index contributed by atoms with van der Waals surface area (Å²) in [6.07, 6.45) is 8.87. The van der Waals surface area contributed by atoms with E-state index < -0.39 is 17.8 Å². The molecule has 1 aromatic rings. The molecular weight excluding hydrogens is 244 g/mol. The van der Waals surface area contributed by atoms with Crippen LogP contribution in [0.4, 0.5) is 5.69 Å². The van der Waals surface area contributed by atoms with Gasteiger partial charge in [-0.25, -0.2) is 0 Å². The highest BCUT2D eigenvalue weighted by Gasteiger charge is 2.25. The van der Waals surface area contributed by atoms with Crippen molar-refractivity contribution in [1.82, 2.24) is 0 Å². The van der Waals surface area contributed by atoms with Crippen LogP contribution in [0.3, 0.4) is 0 Å². The standard InChI is InChI=1S/C14H10N2O3/c15-11(14(18)19)13(17)10-6-7-4-5-16-12(7)9-3-1-2-8(9)10/h1-6,11H,15H2,(H,18,19). The summed E-state index contributed by atoms with van der Waals surface area (Å²) in [6.45, 7) is 0. The maximum Gasteiger partial charge on any atom is 0.328 e. The van der Waals surface area contributed by atoms with Crippen LogP contribution in [0.15, 0.2) is 17.1 Å². The molecule has 19 heavy (non-hydrogen) atoms. The number of carbonyl (C=O) groups is 2. The Kier molecular flexibility index (Phi) is 2.43. The molecule has 0 bridgehead atoms. The predicted molar refractivity (Wildman–Crippen MR) is 71.7 cm³/mol. The summed E-state index contributed by atoms with van der Waals surface area (Å²) in [5, 5.41) is 10.3. The number of allylic oxidation sites excluding steroid dienone is 1. The third-order valence-electron chi connectivity index (χ3n) is 3.21. The average molecular weight is 254 g/mol. The number of nitrogens with zero attached hydrogens (tertiary/aromatic N) is 1. The number of nitrogens with two attached hydrogens (primary N) is 1. The lowest BCUT2D eigenvalue weighted by molar-refractivity contribution is -0.137. The minimum atomic E-state index is -1.54. The number of Topliss-reactive ketones (excluding diaryl/α,β-unsaturated/α-hetero) is 1. The molecule has 1 aliphatic carbocycles. The highest BCUT2D eigenvalue weighted by atomic mass is 16.4. The molecule has 1 aromatic carbocycles. The van der Waals surface area contributed by atoms with Crippen molar-refractivity contribution in [1.29, 1.82) is 0 Å². The summed E-state index contributed by atoms with van der Waals surface area (Å²) in [7, 11) is 0. The van der Waals surface area contributed by atoms with Crippen LogP contribution in [0, 0.1) is 0 Å². The van der Waals surface area contributed by atoms with Gasteiger partial charge < -0.3 is 10.8 Å². The van der Waals surface area contributed by atoms with Crippen LogP contribution in [0.5, 0.6) is 0 Å². The average Bonchev–Trinajstić information content (AvgIpc) is 3.02. The Morgan fingerprint density at radius 2 is 2.11 bits per heavy atom. The number of aliphatic imine (C=N–C) groups is 1. The second kappa shape index (κ2) is 4.00. The molecule has 5 heteroatoms. The predicted octanol–water partition coefficient (Wildman–Crippen LogP) is -0.415. The fourth-order valence-corrected chi connectivity index (χ4v) is 2.27. The zero-order valence-corrected chi connectivity index (χ0v) is 9.83. The second-order valence-electron chi connectivity index (χ2n) is 4.34. The highest BCUT2D eigenvalue weighted by molar-refractivity contribution is 6.13. The molecule has 1 atom stereocenters. The van der Waals surface area contributed by atoms with E-state index in [1.807, 2.05) is 12.2 Å². The lowest BCUT2D eigenvalue weighted by atomic mass is 9.98. The molecular formula is C14H10N2O3. The van der Waals surface area contributed by atoms with Gasteiger partial charge in [0, 0.05) is 22.6 Å².